The molecule has 2 saturated heterocycles. The maximum atomic E-state index is 12.7. The first-order valence-corrected chi connectivity index (χ1v) is 9.33. The Balaban J connectivity index is 1.52. The van der Waals surface area contributed by atoms with E-state index >= 15 is 0 Å². The van der Waals surface area contributed by atoms with Gasteiger partial charge in [-0.1, -0.05) is 30.3 Å². The van der Waals surface area contributed by atoms with Gasteiger partial charge in [-0.2, -0.15) is 0 Å². The molecule has 2 heterocycles. The minimum absolute atomic E-state index is 0.289. The number of ether oxygens (including phenoxy) is 1. The number of amides is 1. The fourth-order valence-corrected chi connectivity index (χ4v) is 4.12. The zero-order valence-corrected chi connectivity index (χ0v) is 15.0. The molecule has 0 aromatic heterocycles. The van der Waals surface area contributed by atoms with E-state index < -0.39 is 0 Å². The number of hydrogen-bond acceptors (Lipinski definition) is 3. The topological polar surface area (TPSA) is 32.8 Å². The van der Waals surface area contributed by atoms with Gasteiger partial charge < -0.3 is 9.64 Å². The van der Waals surface area contributed by atoms with E-state index in [-0.39, 0.29) is 12.2 Å². The average Bonchev–Trinajstić information content (AvgIpc) is 3.01. The zero-order valence-electron chi connectivity index (χ0n) is 15.0. The largest absolute Gasteiger partial charge is 0.373 e. The van der Waals surface area contributed by atoms with Gasteiger partial charge in [-0.3, -0.25) is 9.69 Å². The van der Waals surface area contributed by atoms with Crippen LogP contribution in [0.5, 0.6) is 0 Å². The van der Waals surface area contributed by atoms with Crippen LogP contribution >= 0.6 is 0 Å². The van der Waals surface area contributed by atoms with Crippen LogP contribution < -0.4 is 0 Å². The molecule has 4 nitrogen and oxygen atoms in total. The first-order valence-electron chi connectivity index (χ1n) is 9.33. The number of likely N-dealkylation sites (tertiary alicyclic amines) is 1. The Labute approximate surface area is 145 Å². The number of carbonyl (C=O) groups excluding carboxylic acids is 1. The van der Waals surface area contributed by atoms with E-state index in [0.717, 1.165) is 45.4 Å². The second kappa shape index (κ2) is 8.13. The highest BCUT2D eigenvalue weighted by Gasteiger charge is 2.32. The van der Waals surface area contributed by atoms with E-state index in [1.807, 2.05) is 18.2 Å². The highest BCUT2D eigenvalue weighted by molar-refractivity contribution is 5.77. The molecule has 3 atom stereocenters. The smallest absolute Gasteiger partial charge is 0.223 e. The predicted molar refractivity (Wildman–Crippen MR) is 95.9 cm³/mol. The van der Waals surface area contributed by atoms with Crippen molar-refractivity contribution >= 4 is 5.91 Å². The minimum Gasteiger partial charge on any atom is -0.373 e. The van der Waals surface area contributed by atoms with Crippen molar-refractivity contribution in [1.29, 1.82) is 0 Å². The Hall–Kier alpha value is -1.39. The number of rotatable bonds is 5. The van der Waals surface area contributed by atoms with Gasteiger partial charge in [0.05, 0.1) is 12.2 Å². The third kappa shape index (κ3) is 4.58. The van der Waals surface area contributed by atoms with E-state index in [9.17, 15) is 4.79 Å². The number of nitrogens with zero attached hydrogens (tertiary/aromatic N) is 2. The molecule has 2 fully saturated rings. The summed E-state index contributed by atoms with van der Waals surface area (Å²) in [5.41, 5.74) is 1.25. The summed E-state index contributed by atoms with van der Waals surface area (Å²) < 4.78 is 5.82. The molecule has 0 radical (unpaired) electrons. The monoisotopic (exact) mass is 330 g/mol. The summed E-state index contributed by atoms with van der Waals surface area (Å²) in [6.07, 6.45) is 4.31. The molecule has 0 saturated carbocycles. The van der Waals surface area contributed by atoms with Crippen molar-refractivity contribution in [2.24, 2.45) is 0 Å². The van der Waals surface area contributed by atoms with Crippen molar-refractivity contribution in [3.05, 3.63) is 35.9 Å². The normalized spacial score (nSPS) is 28.2. The molecule has 2 aliphatic heterocycles. The summed E-state index contributed by atoms with van der Waals surface area (Å²) in [5, 5.41) is 0. The average molecular weight is 330 g/mol. The van der Waals surface area contributed by atoms with Crippen LogP contribution in [0.2, 0.25) is 0 Å². The molecular weight excluding hydrogens is 300 g/mol. The predicted octanol–water partition coefficient (Wildman–Crippen LogP) is 2.72. The fourth-order valence-electron chi connectivity index (χ4n) is 4.12. The van der Waals surface area contributed by atoms with Crippen LogP contribution in [0.3, 0.4) is 0 Å². The first-order chi connectivity index (χ1) is 11.6. The summed E-state index contributed by atoms with van der Waals surface area (Å²) in [5.74, 6) is 0.315. The van der Waals surface area contributed by atoms with Crippen molar-refractivity contribution in [3.8, 4) is 0 Å². The van der Waals surface area contributed by atoms with Crippen molar-refractivity contribution < 1.29 is 9.53 Å². The van der Waals surface area contributed by atoms with E-state index in [4.69, 9.17) is 4.74 Å². The number of hydrogen-bond donors (Lipinski definition) is 0. The minimum atomic E-state index is 0.289. The highest BCUT2D eigenvalue weighted by Crippen LogP contribution is 2.22. The second-order valence-electron chi connectivity index (χ2n) is 7.34. The quantitative estimate of drug-likeness (QED) is 0.832. The Morgan fingerprint density at radius 1 is 1.17 bits per heavy atom. The molecule has 24 heavy (non-hydrogen) atoms. The Morgan fingerprint density at radius 2 is 1.88 bits per heavy atom. The Morgan fingerprint density at radius 3 is 2.58 bits per heavy atom. The third-order valence-electron chi connectivity index (χ3n) is 5.13. The number of morpholine rings is 1. The number of carbonyl (C=O) groups is 1. The van der Waals surface area contributed by atoms with Gasteiger partial charge in [0.25, 0.3) is 0 Å². The summed E-state index contributed by atoms with van der Waals surface area (Å²) in [6.45, 7) is 8.16. The molecule has 0 bridgehead atoms. The number of aryl methyl sites for hydroxylation is 1. The van der Waals surface area contributed by atoms with Crippen LogP contribution in [-0.4, -0.2) is 60.1 Å². The van der Waals surface area contributed by atoms with Gasteiger partial charge in [-0.05, 0) is 38.7 Å². The zero-order chi connectivity index (χ0) is 16.9. The van der Waals surface area contributed by atoms with Crippen LogP contribution in [0.15, 0.2) is 30.3 Å². The van der Waals surface area contributed by atoms with Crippen molar-refractivity contribution in [3.63, 3.8) is 0 Å². The van der Waals surface area contributed by atoms with Gasteiger partial charge in [0.15, 0.2) is 0 Å². The molecule has 0 unspecified atom stereocenters. The molecule has 2 aliphatic rings. The van der Waals surface area contributed by atoms with Gasteiger partial charge in [-0.25, -0.2) is 0 Å². The summed E-state index contributed by atoms with van der Waals surface area (Å²) in [6, 6.07) is 10.7. The SMILES string of the molecule is C[C@@H]1CN(C[C@H]2CCCN2C(=O)CCc2ccccc2)C[C@@H](C)O1. The summed E-state index contributed by atoms with van der Waals surface area (Å²) >= 11 is 0. The van der Waals surface area contributed by atoms with E-state index in [2.05, 4.69) is 35.8 Å². The lowest BCUT2D eigenvalue weighted by atomic mass is 10.1. The second-order valence-corrected chi connectivity index (χ2v) is 7.34. The highest BCUT2D eigenvalue weighted by atomic mass is 16.5. The van der Waals surface area contributed by atoms with E-state index in [0.29, 0.717) is 18.4 Å². The molecule has 4 heteroatoms. The summed E-state index contributed by atoms with van der Waals surface area (Å²) in [4.78, 5) is 17.3. The fraction of sp³-hybridized carbons (Fsp3) is 0.650. The molecule has 0 N–H and O–H groups in total. The molecule has 132 valence electrons. The van der Waals surface area contributed by atoms with E-state index in [1.54, 1.807) is 0 Å². The van der Waals surface area contributed by atoms with Crippen molar-refractivity contribution in [2.45, 2.75) is 57.8 Å². The molecule has 1 aromatic carbocycles. The van der Waals surface area contributed by atoms with Gasteiger partial charge in [0.1, 0.15) is 0 Å². The Kier molecular flexibility index (Phi) is 5.90. The first kappa shape index (κ1) is 17.4. The van der Waals surface area contributed by atoms with Gasteiger partial charge in [0.2, 0.25) is 5.91 Å². The Bertz CT molecular complexity index is 524. The van der Waals surface area contributed by atoms with Crippen molar-refractivity contribution in [1.82, 2.24) is 9.80 Å². The maximum Gasteiger partial charge on any atom is 0.223 e. The van der Waals surface area contributed by atoms with Gasteiger partial charge in [-0.15, -0.1) is 0 Å². The molecule has 3 rings (SSSR count). The molecule has 0 aliphatic carbocycles. The van der Waals surface area contributed by atoms with Crippen LogP contribution in [0, 0.1) is 0 Å². The lowest BCUT2D eigenvalue weighted by Crippen LogP contribution is -2.50. The standard InChI is InChI=1S/C20H30N2O2/c1-16-13-21(14-17(2)24-16)15-19-9-6-12-22(19)20(23)11-10-18-7-4-3-5-8-18/h3-5,7-8,16-17,19H,6,9-15H2,1-2H3/t16-,17-,19-/m1/s1. The molecule has 1 amide bonds. The molecule has 0 spiro atoms. The van der Waals surface area contributed by atoms with E-state index in [1.165, 1.54) is 5.56 Å². The molecule has 1 aromatic rings. The van der Waals surface area contributed by atoms with Crippen LogP contribution in [-0.2, 0) is 16.0 Å². The molecular formula is C20H30N2O2. The lowest BCUT2D eigenvalue weighted by Gasteiger charge is -2.38. The maximum absolute atomic E-state index is 12.7. The van der Waals surface area contributed by atoms with Crippen LogP contribution in [0.4, 0.5) is 0 Å². The van der Waals surface area contributed by atoms with Gasteiger partial charge in [0, 0.05) is 38.6 Å². The number of benzene rings is 1. The third-order valence-corrected chi connectivity index (χ3v) is 5.13. The van der Waals surface area contributed by atoms with Crippen LogP contribution in [0.1, 0.15) is 38.7 Å². The summed E-state index contributed by atoms with van der Waals surface area (Å²) in [7, 11) is 0. The van der Waals surface area contributed by atoms with Crippen LogP contribution in [0.25, 0.3) is 0 Å². The lowest BCUT2D eigenvalue weighted by molar-refractivity contribution is -0.133. The van der Waals surface area contributed by atoms with Gasteiger partial charge >= 0.3 is 0 Å². The van der Waals surface area contributed by atoms with Crippen molar-refractivity contribution in [2.75, 3.05) is 26.2 Å².